The number of nitrogens with zero attached hydrogens (tertiary/aromatic N) is 1. The fourth-order valence-corrected chi connectivity index (χ4v) is 2.57. The Kier molecular flexibility index (Phi) is 6.25. The van der Waals surface area contributed by atoms with Crippen molar-refractivity contribution in [1.29, 1.82) is 5.26 Å². The van der Waals surface area contributed by atoms with Crippen LogP contribution in [0.5, 0.6) is 0 Å². The summed E-state index contributed by atoms with van der Waals surface area (Å²) >= 11 is 0. The summed E-state index contributed by atoms with van der Waals surface area (Å²) in [6, 6.07) is 2.44. The minimum Gasteiger partial charge on any atom is -0.376 e. The highest BCUT2D eigenvalue weighted by molar-refractivity contribution is 5.10. The Morgan fingerprint density at radius 2 is 2.11 bits per heavy atom. The SMILES string of the molecule is CCNC1(C#N)CCCC(OCCOC(C)(C)C)C1. The van der Waals surface area contributed by atoms with E-state index in [1.54, 1.807) is 0 Å². The molecule has 0 saturated heterocycles. The van der Waals surface area contributed by atoms with Gasteiger partial charge in [-0.3, -0.25) is 5.32 Å². The molecule has 0 aromatic carbocycles. The highest BCUT2D eigenvalue weighted by Gasteiger charge is 2.36. The van der Waals surface area contributed by atoms with Gasteiger partial charge in [-0.15, -0.1) is 0 Å². The Balaban J connectivity index is 2.33. The van der Waals surface area contributed by atoms with Crippen molar-refractivity contribution < 1.29 is 9.47 Å². The van der Waals surface area contributed by atoms with Gasteiger partial charge in [0.05, 0.1) is 31.0 Å². The summed E-state index contributed by atoms with van der Waals surface area (Å²) in [5, 5.41) is 12.7. The molecule has 0 heterocycles. The number of nitrogens with one attached hydrogen (secondary N) is 1. The lowest BCUT2D eigenvalue weighted by molar-refractivity contribution is -0.0626. The third kappa shape index (κ3) is 5.90. The van der Waals surface area contributed by atoms with Gasteiger partial charge in [0.1, 0.15) is 5.54 Å². The van der Waals surface area contributed by atoms with Crippen molar-refractivity contribution in [1.82, 2.24) is 5.32 Å². The van der Waals surface area contributed by atoms with Crippen LogP contribution >= 0.6 is 0 Å². The molecule has 0 aromatic heterocycles. The minimum atomic E-state index is -0.386. The largest absolute Gasteiger partial charge is 0.376 e. The number of nitriles is 1. The Bertz CT molecular complexity index is 302. The molecular weight excluding hydrogens is 240 g/mol. The first-order valence-corrected chi connectivity index (χ1v) is 7.33. The summed E-state index contributed by atoms with van der Waals surface area (Å²) in [5.74, 6) is 0. The molecule has 1 N–H and O–H groups in total. The van der Waals surface area contributed by atoms with Crippen LogP contribution in [0.15, 0.2) is 0 Å². The summed E-state index contributed by atoms with van der Waals surface area (Å²) in [7, 11) is 0. The normalized spacial score (nSPS) is 28.1. The summed E-state index contributed by atoms with van der Waals surface area (Å²) in [6.45, 7) is 10.2. The lowest BCUT2D eigenvalue weighted by Crippen LogP contribution is -2.49. The Morgan fingerprint density at radius 3 is 2.68 bits per heavy atom. The van der Waals surface area contributed by atoms with Gasteiger partial charge in [0, 0.05) is 6.42 Å². The molecule has 2 unspecified atom stereocenters. The molecule has 0 radical (unpaired) electrons. The second-order valence-electron chi connectivity index (χ2n) is 6.27. The van der Waals surface area contributed by atoms with E-state index >= 15 is 0 Å². The van der Waals surface area contributed by atoms with Gasteiger partial charge in [-0.25, -0.2) is 0 Å². The summed E-state index contributed by atoms with van der Waals surface area (Å²) < 4.78 is 11.5. The summed E-state index contributed by atoms with van der Waals surface area (Å²) in [4.78, 5) is 0. The molecule has 4 nitrogen and oxygen atoms in total. The molecule has 0 bridgehead atoms. The van der Waals surface area contributed by atoms with Crippen LogP contribution in [0.4, 0.5) is 0 Å². The number of hydrogen-bond donors (Lipinski definition) is 1. The van der Waals surface area contributed by atoms with Crippen molar-refractivity contribution >= 4 is 0 Å². The minimum absolute atomic E-state index is 0.115. The quantitative estimate of drug-likeness (QED) is 0.752. The van der Waals surface area contributed by atoms with E-state index in [0.717, 1.165) is 32.2 Å². The highest BCUT2D eigenvalue weighted by Crippen LogP contribution is 2.29. The molecule has 4 heteroatoms. The van der Waals surface area contributed by atoms with Crippen LogP contribution in [0.25, 0.3) is 0 Å². The summed E-state index contributed by atoms with van der Waals surface area (Å²) in [5.41, 5.74) is -0.501. The van der Waals surface area contributed by atoms with Crippen LogP contribution in [-0.2, 0) is 9.47 Å². The standard InChI is InChI=1S/C15H28N2O2/c1-5-17-15(12-16)8-6-7-13(11-15)18-9-10-19-14(2,3)4/h13,17H,5-11H2,1-4H3. The molecule has 1 fully saturated rings. The molecule has 1 aliphatic rings. The molecule has 0 spiro atoms. The Hall–Kier alpha value is -0.630. The molecular formula is C15H28N2O2. The smallest absolute Gasteiger partial charge is 0.109 e. The average molecular weight is 268 g/mol. The molecule has 1 rings (SSSR count). The van der Waals surface area contributed by atoms with Crippen LogP contribution in [0.1, 0.15) is 53.4 Å². The zero-order valence-electron chi connectivity index (χ0n) is 12.8. The van der Waals surface area contributed by atoms with Crippen LogP contribution in [-0.4, -0.2) is 37.0 Å². The molecule has 110 valence electrons. The number of ether oxygens (including phenoxy) is 2. The maximum Gasteiger partial charge on any atom is 0.109 e. The first kappa shape index (κ1) is 16.4. The van der Waals surface area contributed by atoms with E-state index in [2.05, 4.69) is 11.4 Å². The van der Waals surface area contributed by atoms with Gasteiger partial charge in [-0.2, -0.15) is 5.26 Å². The average Bonchev–Trinajstić information content (AvgIpc) is 2.34. The van der Waals surface area contributed by atoms with Gasteiger partial charge in [-0.05, 0) is 46.6 Å². The number of hydrogen-bond acceptors (Lipinski definition) is 4. The Morgan fingerprint density at radius 1 is 1.37 bits per heavy atom. The van der Waals surface area contributed by atoms with E-state index < -0.39 is 0 Å². The van der Waals surface area contributed by atoms with Crippen LogP contribution in [0.2, 0.25) is 0 Å². The van der Waals surface area contributed by atoms with Crippen LogP contribution in [0.3, 0.4) is 0 Å². The monoisotopic (exact) mass is 268 g/mol. The van der Waals surface area contributed by atoms with Crippen LogP contribution in [0, 0.1) is 11.3 Å². The molecule has 1 aliphatic carbocycles. The highest BCUT2D eigenvalue weighted by atomic mass is 16.5. The first-order valence-electron chi connectivity index (χ1n) is 7.33. The molecule has 2 atom stereocenters. The zero-order valence-corrected chi connectivity index (χ0v) is 12.8. The predicted octanol–water partition coefficient (Wildman–Crippen LogP) is 2.63. The van der Waals surface area contributed by atoms with Gasteiger partial charge >= 0.3 is 0 Å². The van der Waals surface area contributed by atoms with Gasteiger partial charge < -0.3 is 9.47 Å². The Labute approximate surface area is 117 Å². The maximum absolute atomic E-state index is 9.38. The fourth-order valence-electron chi connectivity index (χ4n) is 2.57. The van der Waals surface area contributed by atoms with Gasteiger partial charge in [0.15, 0.2) is 0 Å². The third-order valence-electron chi connectivity index (χ3n) is 3.41. The molecule has 0 aliphatic heterocycles. The van der Waals surface area contributed by atoms with E-state index in [9.17, 15) is 5.26 Å². The maximum atomic E-state index is 9.38. The predicted molar refractivity (Wildman–Crippen MR) is 75.9 cm³/mol. The second kappa shape index (κ2) is 7.23. The lowest BCUT2D eigenvalue weighted by atomic mass is 9.81. The van der Waals surface area contributed by atoms with Crippen molar-refractivity contribution in [3.8, 4) is 6.07 Å². The number of rotatable bonds is 6. The van der Waals surface area contributed by atoms with Crippen molar-refractivity contribution in [3.05, 3.63) is 0 Å². The van der Waals surface area contributed by atoms with E-state index in [0.29, 0.717) is 13.2 Å². The van der Waals surface area contributed by atoms with Crippen molar-refractivity contribution in [2.45, 2.75) is 70.6 Å². The van der Waals surface area contributed by atoms with E-state index in [1.165, 1.54) is 0 Å². The summed E-state index contributed by atoms with van der Waals surface area (Å²) in [6.07, 6.45) is 3.98. The molecule has 0 aromatic rings. The third-order valence-corrected chi connectivity index (χ3v) is 3.41. The van der Waals surface area contributed by atoms with Gasteiger partial charge in [0.2, 0.25) is 0 Å². The zero-order chi connectivity index (χ0) is 14.4. The molecule has 0 amide bonds. The molecule has 19 heavy (non-hydrogen) atoms. The second-order valence-corrected chi connectivity index (χ2v) is 6.27. The fraction of sp³-hybridized carbons (Fsp3) is 0.933. The van der Waals surface area contributed by atoms with Gasteiger partial charge in [0.25, 0.3) is 0 Å². The van der Waals surface area contributed by atoms with E-state index in [1.807, 2.05) is 27.7 Å². The van der Waals surface area contributed by atoms with Crippen molar-refractivity contribution in [2.75, 3.05) is 19.8 Å². The van der Waals surface area contributed by atoms with E-state index in [4.69, 9.17) is 9.47 Å². The molecule has 1 saturated carbocycles. The van der Waals surface area contributed by atoms with Crippen molar-refractivity contribution in [2.24, 2.45) is 0 Å². The van der Waals surface area contributed by atoms with E-state index in [-0.39, 0.29) is 17.2 Å². The van der Waals surface area contributed by atoms with Crippen LogP contribution < -0.4 is 5.32 Å². The van der Waals surface area contributed by atoms with Crippen molar-refractivity contribution in [3.63, 3.8) is 0 Å². The topological polar surface area (TPSA) is 54.3 Å². The first-order chi connectivity index (χ1) is 8.91. The lowest BCUT2D eigenvalue weighted by Gasteiger charge is -2.36. The van der Waals surface area contributed by atoms with Gasteiger partial charge in [-0.1, -0.05) is 6.92 Å².